The number of anilines is 1. The molecule has 0 fully saturated rings. The first-order valence-corrected chi connectivity index (χ1v) is 8.21. The van der Waals surface area contributed by atoms with Gasteiger partial charge in [-0.15, -0.1) is 0 Å². The Hall–Kier alpha value is -0.590. The maximum absolute atomic E-state index is 12.2. The SMILES string of the molecule is CCCCC(C)NS(=O)(=O)c1cc(Br)ccc1N. The Morgan fingerprint density at radius 2 is 2.11 bits per heavy atom. The Labute approximate surface area is 117 Å². The highest BCUT2D eigenvalue weighted by Gasteiger charge is 2.20. The van der Waals surface area contributed by atoms with Gasteiger partial charge >= 0.3 is 0 Å². The molecule has 1 rings (SSSR count). The van der Waals surface area contributed by atoms with Crippen LogP contribution in [0.2, 0.25) is 0 Å². The van der Waals surface area contributed by atoms with Gasteiger partial charge in [-0.05, 0) is 31.5 Å². The van der Waals surface area contributed by atoms with Crippen molar-refractivity contribution < 1.29 is 8.42 Å². The lowest BCUT2D eigenvalue weighted by atomic mass is 10.2. The van der Waals surface area contributed by atoms with Crippen LogP contribution in [0.1, 0.15) is 33.1 Å². The van der Waals surface area contributed by atoms with Gasteiger partial charge in [0.05, 0.1) is 5.69 Å². The largest absolute Gasteiger partial charge is 0.398 e. The molecule has 18 heavy (non-hydrogen) atoms. The van der Waals surface area contributed by atoms with Gasteiger partial charge in [-0.2, -0.15) is 0 Å². The quantitative estimate of drug-likeness (QED) is 0.785. The minimum absolute atomic E-state index is 0.0895. The van der Waals surface area contributed by atoms with Crippen molar-refractivity contribution in [1.29, 1.82) is 0 Å². The van der Waals surface area contributed by atoms with E-state index in [1.165, 1.54) is 6.07 Å². The number of rotatable bonds is 6. The number of hydrogen-bond acceptors (Lipinski definition) is 3. The molecule has 1 unspecified atom stereocenters. The molecule has 0 saturated carbocycles. The summed E-state index contributed by atoms with van der Waals surface area (Å²) in [6.07, 6.45) is 2.87. The standard InChI is InChI=1S/C12H19BrN2O2S/c1-3-4-5-9(2)15-18(16,17)12-8-10(13)6-7-11(12)14/h6-9,15H,3-5,14H2,1-2H3. The molecule has 0 spiro atoms. The fraction of sp³-hybridized carbons (Fsp3) is 0.500. The van der Waals surface area contributed by atoms with Crippen molar-refractivity contribution >= 4 is 31.6 Å². The fourth-order valence-electron chi connectivity index (χ4n) is 1.64. The van der Waals surface area contributed by atoms with E-state index < -0.39 is 10.0 Å². The van der Waals surface area contributed by atoms with Crippen molar-refractivity contribution in [2.75, 3.05) is 5.73 Å². The zero-order valence-electron chi connectivity index (χ0n) is 10.6. The highest BCUT2D eigenvalue weighted by atomic mass is 79.9. The summed E-state index contributed by atoms with van der Waals surface area (Å²) in [5.74, 6) is 0. The molecule has 0 amide bonds. The zero-order chi connectivity index (χ0) is 13.8. The van der Waals surface area contributed by atoms with Crippen LogP contribution in [0.15, 0.2) is 27.6 Å². The Kier molecular flexibility index (Phi) is 5.62. The molecular weight excluding hydrogens is 316 g/mol. The van der Waals surface area contributed by atoms with Crippen LogP contribution < -0.4 is 10.5 Å². The van der Waals surface area contributed by atoms with Gasteiger partial charge in [0.1, 0.15) is 4.90 Å². The molecule has 0 bridgehead atoms. The molecule has 0 aromatic heterocycles. The van der Waals surface area contributed by atoms with Crippen LogP contribution in [0.5, 0.6) is 0 Å². The lowest BCUT2D eigenvalue weighted by Gasteiger charge is -2.15. The molecule has 3 N–H and O–H groups in total. The van der Waals surface area contributed by atoms with E-state index in [1.54, 1.807) is 12.1 Å². The summed E-state index contributed by atoms with van der Waals surface area (Å²) in [6, 6.07) is 4.72. The van der Waals surface area contributed by atoms with Crippen molar-refractivity contribution in [3.8, 4) is 0 Å². The van der Waals surface area contributed by atoms with E-state index in [0.29, 0.717) is 4.47 Å². The Bertz CT molecular complexity index is 503. The second kappa shape index (κ2) is 6.54. The van der Waals surface area contributed by atoms with Crippen molar-refractivity contribution in [3.05, 3.63) is 22.7 Å². The van der Waals surface area contributed by atoms with Crippen molar-refractivity contribution in [1.82, 2.24) is 4.72 Å². The number of sulfonamides is 1. The van der Waals surface area contributed by atoms with Crippen molar-refractivity contribution in [2.45, 2.75) is 44.0 Å². The minimum Gasteiger partial charge on any atom is -0.398 e. The first-order chi connectivity index (χ1) is 8.36. The lowest BCUT2D eigenvalue weighted by Crippen LogP contribution is -2.33. The van der Waals surface area contributed by atoms with Crippen LogP contribution in [-0.2, 0) is 10.0 Å². The number of hydrogen-bond donors (Lipinski definition) is 2. The Balaban J connectivity index is 2.89. The third kappa shape index (κ3) is 4.26. The smallest absolute Gasteiger partial charge is 0.242 e. The molecule has 0 aliphatic heterocycles. The van der Waals surface area contributed by atoms with Crippen LogP contribution in [-0.4, -0.2) is 14.5 Å². The second-order valence-electron chi connectivity index (χ2n) is 4.35. The highest BCUT2D eigenvalue weighted by molar-refractivity contribution is 9.10. The summed E-state index contributed by atoms with van der Waals surface area (Å²) in [4.78, 5) is 0.125. The first-order valence-electron chi connectivity index (χ1n) is 5.94. The van der Waals surface area contributed by atoms with E-state index >= 15 is 0 Å². The van der Waals surface area contributed by atoms with Gasteiger partial charge in [-0.25, -0.2) is 13.1 Å². The van der Waals surface area contributed by atoms with E-state index in [9.17, 15) is 8.42 Å². The fourth-order valence-corrected chi connectivity index (χ4v) is 3.59. The number of unbranched alkanes of at least 4 members (excludes halogenated alkanes) is 1. The summed E-state index contributed by atoms with van der Waals surface area (Å²) in [5.41, 5.74) is 5.97. The van der Waals surface area contributed by atoms with Gasteiger partial charge in [0.2, 0.25) is 10.0 Å². The summed E-state index contributed by atoms with van der Waals surface area (Å²) in [6.45, 7) is 3.94. The molecule has 0 heterocycles. The first kappa shape index (κ1) is 15.5. The van der Waals surface area contributed by atoms with Crippen LogP contribution in [0.25, 0.3) is 0 Å². The van der Waals surface area contributed by atoms with E-state index in [2.05, 4.69) is 27.6 Å². The minimum atomic E-state index is -3.55. The Morgan fingerprint density at radius 1 is 1.44 bits per heavy atom. The summed E-state index contributed by atoms with van der Waals surface area (Å²) >= 11 is 3.25. The highest BCUT2D eigenvalue weighted by Crippen LogP contribution is 2.23. The van der Waals surface area contributed by atoms with Gasteiger partial charge in [-0.3, -0.25) is 0 Å². The van der Waals surface area contributed by atoms with E-state index in [0.717, 1.165) is 19.3 Å². The van der Waals surface area contributed by atoms with E-state index in [4.69, 9.17) is 5.73 Å². The van der Waals surface area contributed by atoms with Crippen LogP contribution in [0.4, 0.5) is 5.69 Å². The van der Waals surface area contributed by atoms with Gasteiger partial charge in [0.25, 0.3) is 0 Å². The van der Waals surface area contributed by atoms with Crippen molar-refractivity contribution in [3.63, 3.8) is 0 Å². The maximum atomic E-state index is 12.2. The predicted octanol–water partition coefficient (Wildman–Crippen LogP) is 2.89. The molecule has 6 heteroatoms. The second-order valence-corrected chi connectivity index (χ2v) is 6.94. The molecule has 1 aromatic carbocycles. The Morgan fingerprint density at radius 3 is 2.72 bits per heavy atom. The molecule has 102 valence electrons. The van der Waals surface area contributed by atoms with E-state index in [1.807, 2.05) is 6.92 Å². The number of benzene rings is 1. The third-order valence-electron chi connectivity index (χ3n) is 2.61. The van der Waals surface area contributed by atoms with Crippen LogP contribution in [0.3, 0.4) is 0 Å². The van der Waals surface area contributed by atoms with E-state index in [-0.39, 0.29) is 16.6 Å². The van der Waals surface area contributed by atoms with Gasteiger partial charge in [0, 0.05) is 10.5 Å². The number of nitrogens with one attached hydrogen (secondary N) is 1. The average molecular weight is 335 g/mol. The molecule has 0 aliphatic rings. The molecule has 0 saturated heterocycles. The van der Waals surface area contributed by atoms with Crippen LogP contribution in [0, 0.1) is 0 Å². The van der Waals surface area contributed by atoms with Crippen molar-refractivity contribution in [2.24, 2.45) is 0 Å². The van der Waals surface area contributed by atoms with Gasteiger partial charge in [0.15, 0.2) is 0 Å². The molecule has 1 aromatic rings. The molecule has 0 radical (unpaired) electrons. The van der Waals surface area contributed by atoms with Gasteiger partial charge < -0.3 is 5.73 Å². The topological polar surface area (TPSA) is 72.2 Å². The molecular formula is C12H19BrN2O2S. The normalized spacial score (nSPS) is 13.5. The molecule has 1 atom stereocenters. The summed E-state index contributed by atoms with van der Waals surface area (Å²) in [7, 11) is -3.55. The molecule has 4 nitrogen and oxygen atoms in total. The van der Waals surface area contributed by atoms with Crippen LogP contribution >= 0.6 is 15.9 Å². The van der Waals surface area contributed by atoms with Gasteiger partial charge in [-0.1, -0.05) is 35.7 Å². The third-order valence-corrected chi connectivity index (χ3v) is 4.75. The average Bonchev–Trinajstić information content (AvgIpc) is 2.29. The number of halogens is 1. The number of nitrogens with two attached hydrogens (primary N) is 1. The summed E-state index contributed by atoms with van der Waals surface area (Å²) < 4.78 is 27.7. The summed E-state index contributed by atoms with van der Waals surface area (Å²) in [5, 5.41) is 0. The maximum Gasteiger partial charge on any atom is 0.242 e. The zero-order valence-corrected chi connectivity index (χ0v) is 13.0. The molecule has 0 aliphatic carbocycles. The lowest BCUT2D eigenvalue weighted by molar-refractivity contribution is 0.534. The predicted molar refractivity (Wildman–Crippen MR) is 77.9 cm³/mol. The number of nitrogen functional groups attached to an aromatic ring is 1. The monoisotopic (exact) mass is 334 g/mol.